The zero-order valence-corrected chi connectivity index (χ0v) is 10.5. The maximum Gasteiger partial charge on any atom is -0.0161 e. The van der Waals surface area contributed by atoms with Crippen LogP contribution in [-0.2, 0) is 0 Å². The molecule has 0 saturated carbocycles. The molecule has 0 aromatic carbocycles. The average Bonchev–Trinajstić information content (AvgIpc) is 2.17. The molecule has 0 aromatic rings. The first-order valence-corrected chi connectivity index (χ1v) is 5.65. The molecule has 0 fully saturated rings. The molecule has 0 aliphatic carbocycles. The quantitative estimate of drug-likeness (QED) is 0.395. The van der Waals surface area contributed by atoms with E-state index in [1.54, 1.807) is 0 Å². The lowest BCUT2D eigenvalue weighted by atomic mass is 10.1. The molecular formula is C15H24. The van der Waals surface area contributed by atoms with Gasteiger partial charge in [0.25, 0.3) is 0 Å². The lowest BCUT2D eigenvalue weighted by Gasteiger charge is -2.00. The van der Waals surface area contributed by atoms with Gasteiger partial charge in [-0.15, -0.1) is 6.58 Å². The summed E-state index contributed by atoms with van der Waals surface area (Å²) in [5, 5.41) is 0. The SMILES string of the molecule is C=C/C(C)=C/C/C=C(\C)CCCC(=C)C. The van der Waals surface area contributed by atoms with Gasteiger partial charge in [-0.05, 0) is 46.5 Å². The summed E-state index contributed by atoms with van der Waals surface area (Å²) in [6, 6.07) is 0. The molecule has 0 rings (SSSR count). The zero-order chi connectivity index (χ0) is 11.7. The third kappa shape index (κ3) is 9.27. The summed E-state index contributed by atoms with van der Waals surface area (Å²) >= 11 is 0. The molecule has 0 N–H and O–H groups in total. The second-order valence-corrected chi connectivity index (χ2v) is 4.25. The topological polar surface area (TPSA) is 0 Å². The molecule has 84 valence electrons. The van der Waals surface area contributed by atoms with E-state index in [2.05, 4.69) is 46.1 Å². The normalized spacial score (nSPS) is 12.7. The van der Waals surface area contributed by atoms with Crippen LogP contribution in [0, 0.1) is 0 Å². The van der Waals surface area contributed by atoms with Crippen LogP contribution in [-0.4, -0.2) is 0 Å². The van der Waals surface area contributed by atoms with Crippen LogP contribution in [0.3, 0.4) is 0 Å². The Kier molecular flexibility index (Phi) is 7.71. The molecule has 0 heterocycles. The molecule has 0 saturated heterocycles. The summed E-state index contributed by atoms with van der Waals surface area (Å²) < 4.78 is 0. The fraction of sp³-hybridized carbons (Fsp3) is 0.467. The van der Waals surface area contributed by atoms with Crippen molar-refractivity contribution < 1.29 is 0 Å². The molecule has 0 radical (unpaired) electrons. The largest absolute Gasteiger partial charge is 0.100 e. The summed E-state index contributed by atoms with van der Waals surface area (Å²) in [4.78, 5) is 0. The van der Waals surface area contributed by atoms with E-state index in [0.717, 1.165) is 12.8 Å². The van der Waals surface area contributed by atoms with Crippen LogP contribution in [0.4, 0.5) is 0 Å². The van der Waals surface area contributed by atoms with Crippen LogP contribution < -0.4 is 0 Å². The number of rotatable bonds is 7. The molecule has 0 bridgehead atoms. The van der Waals surface area contributed by atoms with E-state index in [-0.39, 0.29) is 0 Å². The Morgan fingerprint density at radius 2 is 1.73 bits per heavy atom. The van der Waals surface area contributed by atoms with Crippen molar-refractivity contribution in [2.24, 2.45) is 0 Å². The Bertz CT molecular complexity index is 264. The van der Waals surface area contributed by atoms with E-state index in [0.29, 0.717) is 0 Å². The molecule has 15 heavy (non-hydrogen) atoms. The number of hydrogen-bond acceptors (Lipinski definition) is 0. The first-order valence-electron chi connectivity index (χ1n) is 5.65. The maximum absolute atomic E-state index is 3.91. The van der Waals surface area contributed by atoms with E-state index in [9.17, 15) is 0 Å². The average molecular weight is 204 g/mol. The van der Waals surface area contributed by atoms with Gasteiger partial charge in [-0.2, -0.15) is 0 Å². The fourth-order valence-corrected chi connectivity index (χ4v) is 1.30. The standard InChI is InChI=1S/C15H24/c1-6-14(4)10-8-12-15(5)11-7-9-13(2)3/h6,10,12H,1-2,7-9,11H2,3-5H3/b14-10+,15-12+. The van der Waals surface area contributed by atoms with Crippen molar-refractivity contribution >= 4 is 0 Å². The Hall–Kier alpha value is -1.04. The summed E-state index contributed by atoms with van der Waals surface area (Å²) in [6.07, 6.45) is 11.0. The first kappa shape index (κ1) is 14.0. The maximum atomic E-state index is 3.91. The monoisotopic (exact) mass is 204 g/mol. The van der Waals surface area contributed by atoms with Crippen molar-refractivity contribution in [3.8, 4) is 0 Å². The minimum atomic E-state index is 1.02. The van der Waals surface area contributed by atoms with Crippen LogP contribution in [0.25, 0.3) is 0 Å². The van der Waals surface area contributed by atoms with Gasteiger partial charge in [-0.25, -0.2) is 0 Å². The van der Waals surface area contributed by atoms with Gasteiger partial charge < -0.3 is 0 Å². The lowest BCUT2D eigenvalue weighted by molar-refractivity contribution is 0.803. The van der Waals surface area contributed by atoms with E-state index in [1.165, 1.54) is 29.6 Å². The summed E-state index contributed by atoms with van der Waals surface area (Å²) in [5.41, 5.74) is 4.01. The molecule has 0 aliphatic heterocycles. The zero-order valence-electron chi connectivity index (χ0n) is 10.5. The second kappa shape index (κ2) is 8.28. The minimum Gasteiger partial charge on any atom is -0.100 e. The number of allylic oxidation sites excluding steroid dienone is 6. The predicted molar refractivity (Wildman–Crippen MR) is 71.0 cm³/mol. The van der Waals surface area contributed by atoms with Gasteiger partial charge in [0.15, 0.2) is 0 Å². The summed E-state index contributed by atoms with van der Waals surface area (Å²) in [6.45, 7) is 14.0. The Morgan fingerprint density at radius 3 is 2.27 bits per heavy atom. The van der Waals surface area contributed by atoms with Gasteiger partial charge in [0.1, 0.15) is 0 Å². The van der Waals surface area contributed by atoms with Crippen molar-refractivity contribution in [3.63, 3.8) is 0 Å². The molecule has 0 unspecified atom stereocenters. The Labute approximate surface area is 95.1 Å². The molecule has 0 spiro atoms. The van der Waals surface area contributed by atoms with Crippen molar-refractivity contribution in [1.29, 1.82) is 0 Å². The van der Waals surface area contributed by atoms with E-state index >= 15 is 0 Å². The third-order valence-electron chi connectivity index (χ3n) is 2.40. The number of hydrogen-bond donors (Lipinski definition) is 0. The first-order chi connectivity index (χ1) is 7.06. The van der Waals surface area contributed by atoms with Crippen LogP contribution in [0.2, 0.25) is 0 Å². The van der Waals surface area contributed by atoms with Crippen molar-refractivity contribution in [2.75, 3.05) is 0 Å². The van der Waals surface area contributed by atoms with Crippen molar-refractivity contribution in [1.82, 2.24) is 0 Å². The van der Waals surface area contributed by atoms with Crippen molar-refractivity contribution in [3.05, 3.63) is 48.1 Å². The molecule has 0 aromatic heterocycles. The van der Waals surface area contributed by atoms with Crippen LogP contribution >= 0.6 is 0 Å². The van der Waals surface area contributed by atoms with E-state index in [4.69, 9.17) is 0 Å². The molecule has 0 nitrogen and oxygen atoms in total. The minimum absolute atomic E-state index is 1.02. The smallest absolute Gasteiger partial charge is 0.0161 e. The third-order valence-corrected chi connectivity index (χ3v) is 2.40. The molecule has 0 heteroatoms. The van der Waals surface area contributed by atoms with Crippen LogP contribution in [0.1, 0.15) is 46.5 Å². The second-order valence-electron chi connectivity index (χ2n) is 4.25. The van der Waals surface area contributed by atoms with E-state index in [1.807, 2.05) is 6.08 Å². The van der Waals surface area contributed by atoms with Crippen LogP contribution in [0.5, 0.6) is 0 Å². The van der Waals surface area contributed by atoms with Crippen molar-refractivity contribution in [2.45, 2.75) is 46.5 Å². The summed E-state index contributed by atoms with van der Waals surface area (Å²) in [7, 11) is 0. The Balaban J connectivity index is 3.79. The highest BCUT2D eigenvalue weighted by atomic mass is 14.0. The lowest BCUT2D eigenvalue weighted by Crippen LogP contribution is -1.80. The molecular weight excluding hydrogens is 180 g/mol. The highest BCUT2D eigenvalue weighted by Gasteiger charge is 1.91. The predicted octanol–water partition coefficient (Wildman–Crippen LogP) is 5.20. The highest BCUT2D eigenvalue weighted by Crippen LogP contribution is 2.11. The highest BCUT2D eigenvalue weighted by molar-refractivity contribution is 5.15. The molecule has 0 aliphatic rings. The van der Waals surface area contributed by atoms with Gasteiger partial charge in [-0.1, -0.05) is 41.5 Å². The van der Waals surface area contributed by atoms with Gasteiger partial charge in [0.2, 0.25) is 0 Å². The van der Waals surface area contributed by atoms with Gasteiger partial charge in [0, 0.05) is 0 Å². The fourth-order valence-electron chi connectivity index (χ4n) is 1.30. The van der Waals surface area contributed by atoms with Gasteiger partial charge in [-0.3, -0.25) is 0 Å². The summed E-state index contributed by atoms with van der Waals surface area (Å²) in [5.74, 6) is 0. The molecule has 0 amide bonds. The molecule has 0 atom stereocenters. The van der Waals surface area contributed by atoms with Gasteiger partial charge >= 0.3 is 0 Å². The van der Waals surface area contributed by atoms with E-state index < -0.39 is 0 Å². The Morgan fingerprint density at radius 1 is 1.07 bits per heavy atom. The van der Waals surface area contributed by atoms with Crippen LogP contribution in [0.15, 0.2) is 48.1 Å². The van der Waals surface area contributed by atoms with Gasteiger partial charge in [0.05, 0.1) is 0 Å².